The molecule has 0 amide bonds. The summed E-state index contributed by atoms with van der Waals surface area (Å²) in [4.78, 5) is 10.7. The molecule has 0 bridgehead atoms. The summed E-state index contributed by atoms with van der Waals surface area (Å²) in [6.45, 7) is 0. The van der Waals surface area contributed by atoms with Crippen molar-refractivity contribution in [3.63, 3.8) is 0 Å². The molecule has 2 N–H and O–H groups in total. The maximum atomic E-state index is 10.7. The zero-order valence-electron chi connectivity index (χ0n) is 5.00. The molecular formula is C5H10ClNOS. The van der Waals surface area contributed by atoms with Crippen molar-refractivity contribution in [2.24, 2.45) is 5.73 Å². The SMILES string of the molecule is Cl.NC1CSCCC1=O. The van der Waals surface area contributed by atoms with Crippen molar-refractivity contribution >= 4 is 30.0 Å². The molecule has 0 spiro atoms. The molecule has 1 fully saturated rings. The maximum Gasteiger partial charge on any atom is 0.151 e. The lowest BCUT2D eigenvalue weighted by atomic mass is 10.2. The third-order valence-electron chi connectivity index (χ3n) is 1.20. The maximum absolute atomic E-state index is 10.7. The summed E-state index contributed by atoms with van der Waals surface area (Å²) >= 11 is 1.76. The third-order valence-corrected chi connectivity index (χ3v) is 2.29. The summed E-state index contributed by atoms with van der Waals surface area (Å²) in [5.41, 5.74) is 5.41. The van der Waals surface area contributed by atoms with E-state index < -0.39 is 0 Å². The van der Waals surface area contributed by atoms with Gasteiger partial charge in [-0.2, -0.15) is 11.8 Å². The minimum atomic E-state index is -0.172. The summed E-state index contributed by atoms with van der Waals surface area (Å²) in [5, 5.41) is 0. The van der Waals surface area contributed by atoms with Crippen LogP contribution in [0.15, 0.2) is 0 Å². The van der Waals surface area contributed by atoms with Crippen LogP contribution in [0.3, 0.4) is 0 Å². The number of hydrogen-bond donors (Lipinski definition) is 1. The molecule has 0 aromatic carbocycles. The lowest BCUT2D eigenvalue weighted by Gasteiger charge is -2.14. The van der Waals surface area contributed by atoms with Crippen LogP contribution in [0.5, 0.6) is 0 Å². The Morgan fingerprint density at radius 3 is 2.67 bits per heavy atom. The van der Waals surface area contributed by atoms with E-state index in [1.54, 1.807) is 11.8 Å². The monoisotopic (exact) mass is 167 g/mol. The number of carbonyl (C=O) groups excluding carboxylic acids is 1. The molecule has 0 aromatic rings. The van der Waals surface area contributed by atoms with E-state index >= 15 is 0 Å². The minimum Gasteiger partial charge on any atom is -0.321 e. The number of nitrogens with two attached hydrogens (primary N) is 1. The van der Waals surface area contributed by atoms with E-state index in [2.05, 4.69) is 0 Å². The van der Waals surface area contributed by atoms with Crippen LogP contribution in [0.2, 0.25) is 0 Å². The van der Waals surface area contributed by atoms with Gasteiger partial charge in [0.15, 0.2) is 5.78 Å². The van der Waals surface area contributed by atoms with E-state index in [0.717, 1.165) is 11.5 Å². The Bertz CT molecular complexity index is 109. The first-order valence-electron chi connectivity index (χ1n) is 2.67. The second kappa shape index (κ2) is 4.14. The number of carbonyl (C=O) groups is 1. The van der Waals surface area contributed by atoms with Crippen molar-refractivity contribution in [3.8, 4) is 0 Å². The van der Waals surface area contributed by atoms with E-state index in [1.165, 1.54) is 0 Å². The van der Waals surface area contributed by atoms with Crippen molar-refractivity contribution in [2.45, 2.75) is 12.5 Å². The van der Waals surface area contributed by atoms with Gasteiger partial charge in [-0.15, -0.1) is 12.4 Å². The fourth-order valence-electron chi connectivity index (χ4n) is 0.661. The molecule has 0 saturated carbocycles. The van der Waals surface area contributed by atoms with Crippen LogP contribution in [-0.2, 0) is 4.79 Å². The van der Waals surface area contributed by atoms with Gasteiger partial charge in [-0.3, -0.25) is 4.79 Å². The van der Waals surface area contributed by atoms with E-state index in [-0.39, 0.29) is 24.2 Å². The van der Waals surface area contributed by atoms with E-state index in [1.807, 2.05) is 0 Å². The highest BCUT2D eigenvalue weighted by Crippen LogP contribution is 2.11. The van der Waals surface area contributed by atoms with Gasteiger partial charge in [0.1, 0.15) is 0 Å². The van der Waals surface area contributed by atoms with Crippen LogP contribution >= 0.6 is 24.2 Å². The molecular weight excluding hydrogens is 158 g/mol. The highest BCUT2D eigenvalue weighted by atomic mass is 35.5. The quantitative estimate of drug-likeness (QED) is 0.570. The van der Waals surface area contributed by atoms with Crippen LogP contribution in [0.1, 0.15) is 6.42 Å². The normalized spacial score (nSPS) is 27.2. The van der Waals surface area contributed by atoms with Crippen molar-refractivity contribution in [2.75, 3.05) is 11.5 Å². The van der Waals surface area contributed by atoms with Gasteiger partial charge in [-0.25, -0.2) is 0 Å². The van der Waals surface area contributed by atoms with Crippen LogP contribution in [0.4, 0.5) is 0 Å². The van der Waals surface area contributed by atoms with Crippen LogP contribution in [0.25, 0.3) is 0 Å². The fourth-order valence-corrected chi connectivity index (χ4v) is 1.61. The van der Waals surface area contributed by atoms with Gasteiger partial charge >= 0.3 is 0 Å². The number of Topliss-reactive ketones (excluding diaryl/α,β-unsaturated/α-hetero) is 1. The van der Waals surface area contributed by atoms with Crippen molar-refractivity contribution in [1.82, 2.24) is 0 Å². The lowest BCUT2D eigenvalue weighted by molar-refractivity contribution is -0.119. The smallest absolute Gasteiger partial charge is 0.151 e. The molecule has 1 aliphatic rings. The number of halogens is 1. The van der Waals surface area contributed by atoms with Crippen molar-refractivity contribution in [3.05, 3.63) is 0 Å². The molecule has 0 aromatic heterocycles. The second-order valence-corrected chi connectivity index (χ2v) is 3.05. The largest absolute Gasteiger partial charge is 0.321 e. The van der Waals surface area contributed by atoms with Gasteiger partial charge in [0.2, 0.25) is 0 Å². The van der Waals surface area contributed by atoms with Gasteiger partial charge in [0.25, 0.3) is 0 Å². The fraction of sp³-hybridized carbons (Fsp3) is 0.800. The Hall–Kier alpha value is 0.270. The molecule has 4 heteroatoms. The van der Waals surface area contributed by atoms with E-state index in [0.29, 0.717) is 6.42 Å². The topological polar surface area (TPSA) is 43.1 Å². The summed E-state index contributed by atoms with van der Waals surface area (Å²) in [6.07, 6.45) is 0.672. The van der Waals surface area contributed by atoms with Gasteiger partial charge in [0.05, 0.1) is 6.04 Å². The number of thioether (sulfide) groups is 1. The molecule has 54 valence electrons. The molecule has 1 atom stereocenters. The Morgan fingerprint density at radius 2 is 2.33 bits per heavy atom. The zero-order valence-corrected chi connectivity index (χ0v) is 6.63. The Morgan fingerprint density at radius 1 is 1.67 bits per heavy atom. The van der Waals surface area contributed by atoms with Crippen LogP contribution < -0.4 is 5.73 Å². The summed E-state index contributed by atoms with van der Waals surface area (Å²) < 4.78 is 0. The van der Waals surface area contributed by atoms with Crippen LogP contribution in [0, 0.1) is 0 Å². The van der Waals surface area contributed by atoms with Gasteiger partial charge < -0.3 is 5.73 Å². The van der Waals surface area contributed by atoms with Gasteiger partial charge in [-0.1, -0.05) is 0 Å². The highest BCUT2D eigenvalue weighted by molar-refractivity contribution is 7.99. The average Bonchev–Trinajstić information content (AvgIpc) is 1.77. The van der Waals surface area contributed by atoms with Gasteiger partial charge in [-0.05, 0) is 0 Å². The molecule has 1 rings (SSSR count). The van der Waals surface area contributed by atoms with E-state index in [9.17, 15) is 4.79 Å². The number of hydrogen-bond acceptors (Lipinski definition) is 3. The number of rotatable bonds is 0. The highest BCUT2D eigenvalue weighted by Gasteiger charge is 2.17. The first-order valence-corrected chi connectivity index (χ1v) is 3.82. The molecule has 0 aliphatic carbocycles. The first kappa shape index (κ1) is 9.27. The minimum absolute atomic E-state index is 0. The Kier molecular flexibility index (Phi) is 4.27. The summed E-state index contributed by atoms with van der Waals surface area (Å²) in [6, 6.07) is -0.172. The van der Waals surface area contributed by atoms with Crippen molar-refractivity contribution < 1.29 is 4.79 Å². The van der Waals surface area contributed by atoms with Crippen LogP contribution in [-0.4, -0.2) is 23.3 Å². The molecule has 2 nitrogen and oxygen atoms in total. The zero-order chi connectivity index (χ0) is 5.98. The molecule has 1 heterocycles. The Labute approximate surface area is 65.0 Å². The molecule has 0 radical (unpaired) electrons. The first-order chi connectivity index (χ1) is 3.80. The molecule has 1 unspecified atom stereocenters. The predicted molar refractivity (Wildman–Crippen MR) is 42.2 cm³/mol. The summed E-state index contributed by atoms with van der Waals surface area (Å²) in [7, 11) is 0. The number of ketones is 1. The van der Waals surface area contributed by atoms with Crippen molar-refractivity contribution in [1.29, 1.82) is 0 Å². The molecule has 9 heavy (non-hydrogen) atoms. The average molecular weight is 168 g/mol. The summed E-state index contributed by atoms with van der Waals surface area (Å²) in [5.74, 6) is 2.01. The lowest BCUT2D eigenvalue weighted by Crippen LogP contribution is -2.36. The molecule has 1 saturated heterocycles. The Balaban J connectivity index is 0.000000640. The molecule has 1 aliphatic heterocycles. The van der Waals surface area contributed by atoms with Gasteiger partial charge in [0, 0.05) is 17.9 Å². The second-order valence-electron chi connectivity index (χ2n) is 1.90. The predicted octanol–water partition coefficient (Wildman–Crippen LogP) is 0.441. The standard InChI is InChI=1S/C5H9NOS.ClH/c6-4-3-8-2-1-5(4)7;/h4H,1-3,6H2;1H. The van der Waals surface area contributed by atoms with E-state index in [4.69, 9.17) is 5.73 Å². The third kappa shape index (κ3) is 2.56.